The molecule has 0 bridgehead atoms. The molecule has 1 aromatic heterocycles. The predicted molar refractivity (Wildman–Crippen MR) is 71.1 cm³/mol. The smallest absolute Gasteiger partial charge is 0.371 e. The van der Waals surface area contributed by atoms with Crippen LogP contribution in [0.3, 0.4) is 0 Å². The van der Waals surface area contributed by atoms with E-state index in [1.54, 1.807) is 6.07 Å². The zero-order valence-corrected chi connectivity index (χ0v) is 11.0. The molecular formula is C12H18N2O3S. The Kier molecular flexibility index (Phi) is 5.10. The van der Waals surface area contributed by atoms with Gasteiger partial charge in [-0.2, -0.15) is 11.8 Å². The number of nitrogens with zero attached hydrogens (tertiary/aromatic N) is 1. The molecule has 1 aliphatic rings. The second-order valence-electron chi connectivity index (χ2n) is 4.20. The number of carbonyl (C=O) groups is 1. The van der Waals surface area contributed by atoms with E-state index >= 15 is 0 Å². The molecule has 2 rings (SSSR count). The van der Waals surface area contributed by atoms with Gasteiger partial charge in [-0.1, -0.05) is 0 Å². The third kappa shape index (κ3) is 4.04. The van der Waals surface area contributed by atoms with Crippen molar-refractivity contribution in [3.05, 3.63) is 23.7 Å². The number of nitrogens with one attached hydrogen (secondary N) is 1. The van der Waals surface area contributed by atoms with Gasteiger partial charge >= 0.3 is 5.97 Å². The molecule has 0 amide bonds. The predicted octanol–water partition coefficient (Wildman–Crippen LogP) is 1.12. The van der Waals surface area contributed by atoms with Gasteiger partial charge in [-0.05, 0) is 12.1 Å². The number of hydrogen-bond donors (Lipinski definition) is 2. The van der Waals surface area contributed by atoms with Gasteiger partial charge in [-0.25, -0.2) is 4.79 Å². The van der Waals surface area contributed by atoms with Crippen molar-refractivity contribution in [1.82, 2.24) is 10.2 Å². The molecule has 0 aromatic carbocycles. The van der Waals surface area contributed by atoms with E-state index in [9.17, 15) is 4.79 Å². The lowest BCUT2D eigenvalue weighted by Crippen LogP contribution is -2.37. The molecule has 0 unspecified atom stereocenters. The topological polar surface area (TPSA) is 65.7 Å². The first-order valence-corrected chi connectivity index (χ1v) is 7.24. The van der Waals surface area contributed by atoms with Gasteiger partial charge < -0.3 is 19.7 Å². The minimum absolute atomic E-state index is 0.000134. The highest BCUT2D eigenvalue weighted by Gasteiger charge is 2.10. The molecule has 0 saturated carbocycles. The summed E-state index contributed by atoms with van der Waals surface area (Å²) >= 11 is 2.01. The Morgan fingerprint density at radius 1 is 1.44 bits per heavy atom. The van der Waals surface area contributed by atoms with E-state index in [0.29, 0.717) is 12.3 Å². The summed E-state index contributed by atoms with van der Waals surface area (Å²) in [6.45, 7) is 4.84. The Balaban J connectivity index is 1.63. The van der Waals surface area contributed by atoms with Gasteiger partial charge in [0.15, 0.2) is 0 Å². The maximum absolute atomic E-state index is 10.6. The summed E-state index contributed by atoms with van der Waals surface area (Å²) < 4.78 is 5.16. The van der Waals surface area contributed by atoms with Crippen molar-refractivity contribution in [1.29, 1.82) is 0 Å². The zero-order valence-electron chi connectivity index (χ0n) is 10.2. The van der Waals surface area contributed by atoms with Crippen molar-refractivity contribution in [2.24, 2.45) is 0 Å². The maximum atomic E-state index is 10.6. The molecule has 2 N–H and O–H groups in total. The lowest BCUT2D eigenvalue weighted by Gasteiger charge is -2.25. The Morgan fingerprint density at radius 2 is 2.22 bits per heavy atom. The molecule has 100 valence electrons. The SMILES string of the molecule is O=C(O)c1ccc(CNCCN2CCSCC2)o1. The van der Waals surface area contributed by atoms with Crippen molar-refractivity contribution >= 4 is 17.7 Å². The lowest BCUT2D eigenvalue weighted by atomic mass is 10.4. The molecule has 1 aliphatic heterocycles. The summed E-state index contributed by atoms with van der Waals surface area (Å²) in [5.41, 5.74) is 0. The van der Waals surface area contributed by atoms with Crippen LogP contribution in [0, 0.1) is 0 Å². The molecule has 18 heavy (non-hydrogen) atoms. The van der Waals surface area contributed by atoms with E-state index in [0.717, 1.165) is 26.2 Å². The molecule has 2 heterocycles. The number of aromatic carboxylic acids is 1. The minimum atomic E-state index is -1.02. The summed E-state index contributed by atoms with van der Waals surface area (Å²) in [4.78, 5) is 13.1. The number of carboxylic acid groups (broad SMARTS) is 1. The van der Waals surface area contributed by atoms with Crippen molar-refractivity contribution in [2.45, 2.75) is 6.54 Å². The Hall–Kier alpha value is -0.980. The largest absolute Gasteiger partial charge is 0.475 e. The standard InChI is InChI=1S/C12H18N2O3S/c15-12(16)11-2-1-10(17-11)9-13-3-4-14-5-7-18-8-6-14/h1-2,13H,3-9H2,(H,15,16). The number of hydrogen-bond acceptors (Lipinski definition) is 5. The van der Waals surface area contributed by atoms with E-state index in [1.165, 1.54) is 17.6 Å². The number of furan rings is 1. The van der Waals surface area contributed by atoms with Gasteiger partial charge in [0.2, 0.25) is 5.76 Å². The lowest BCUT2D eigenvalue weighted by molar-refractivity contribution is 0.0660. The van der Waals surface area contributed by atoms with Crippen LogP contribution in [0.4, 0.5) is 0 Å². The van der Waals surface area contributed by atoms with Crippen LogP contribution in [0.2, 0.25) is 0 Å². The summed E-state index contributed by atoms with van der Waals surface area (Å²) in [6, 6.07) is 3.19. The van der Waals surface area contributed by atoms with Gasteiger partial charge in [-0.15, -0.1) is 0 Å². The van der Waals surface area contributed by atoms with E-state index in [2.05, 4.69) is 10.2 Å². The summed E-state index contributed by atoms with van der Waals surface area (Å²) in [7, 11) is 0. The molecule has 0 radical (unpaired) electrons. The second kappa shape index (κ2) is 6.82. The third-order valence-electron chi connectivity index (χ3n) is 2.88. The van der Waals surface area contributed by atoms with Crippen molar-refractivity contribution in [2.75, 3.05) is 37.7 Å². The average Bonchev–Trinajstić information content (AvgIpc) is 2.85. The van der Waals surface area contributed by atoms with Crippen LogP contribution >= 0.6 is 11.8 Å². The Morgan fingerprint density at radius 3 is 2.89 bits per heavy atom. The fraction of sp³-hybridized carbons (Fsp3) is 0.583. The fourth-order valence-corrected chi connectivity index (χ4v) is 2.84. The molecule has 1 aromatic rings. The average molecular weight is 270 g/mol. The first-order chi connectivity index (χ1) is 8.75. The minimum Gasteiger partial charge on any atom is -0.475 e. The monoisotopic (exact) mass is 270 g/mol. The highest BCUT2D eigenvalue weighted by atomic mass is 32.2. The number of thioether (sulfide) groups is 1. The molecule has 0 aliphatic carbocycles. The first-order valence-electron chi connectivity index (χ1n) is 6.08. The van der Waals surface area contributed by atoms with Crippen molar-refractivity contribution in [3.8, 4) is 0 Å². The molecular weight excluding hydrogens is 252 g/mol. The quantitative estimate of drug-likeness (QED) is 0.755. The van der Waals surface area contributed by atoms with Gasteiger partial charge in [0.05, 0.1) is 6.54 Å². The van der Waals surface area contributed by atoms with Crippen molar-refractivity contribution in [3.63, 3.8) is 0 Å². The van der Waals surface area contributed by atoms with E-state index in [4.69, 9.17) is 9.52 Å². The molecule has 0 spiro atoms. The van der Waals surface area contributed by atoms with E-state index in [-0.39, 0.29) is 5.76 Å². The fourth-order valence-electron chi connectivity index (χ4n) is 1.86. The van der Waals surface area contributed by atoms with Crippen LogP contribution in [-0.2, 0) is 6.54 Å². The highest BCUT2D eigenvalue weighted by molar-refractivity contribution is 7.99. The normalized spacial score (nSPS) is 16.9. The Labute approximate surface area is 111 Å². The molecule has 5 nitrogen and oxygen atoms in total. The Bertz CT molecular complexity index is 388. The van der Waals surface area contributed by atoms with E-state index in [1.807, 2.05) is 11.8 Å². The number of carboxylic acids is 1. The number of rotatable bonds is 6. The molecule has 6 heteroatoms. The highest BCUT2D eigenvalue weighted by Crippen LogP contribution is 2.09. The van der Waals surface area contributed by atoms with Gasteiger partial charge in [-0.3, -0.25) is 0 Å². The molecule has 1 fully saturated rings. The molecule has 1 saturated heterocycles. The second-order valence-corrected chi connectivity index (χ2v) is 5.43. The van der Waals surface area contributed by atoms with Crippen LogP contribution in [0.5, 0.6) is 0 Å². The first kappa shape index (κ1) is 13.5. The van der Waals surface area contributed by atoms with Crippen LogP contribution in [0.1, 0.15) is 16.3 Å². The van der Waals surface area contributed by atoms with Crippen LogP contribution in [-0.4, -0.2) is 53.7 Å². The van der Waals surface area contributed by atoms with Gasteiger partial charge in [0.1, 0.15) is 5.76 Å². The summed E-state index contributed by atoms with van der Waals surface area (Å²) in [5, 5.41) is 12.0. The summed E-state index contributed by atoms with van der Waals surface area (Å²) in [5.74, 6) is 2.09. The van der Waals surface area contributed by atoms with Crippen LogP contribution in [0.15, 0.2) is 16.5 Å². The van der Waals surface area contributed by atoms with Crippen molar-refractivity contribution < 1.29 is 14.3 Å². The van der Waals surface area contributed by atoms with Gasteiger partial charge in [0, 0.05) is 37.7 Å². The molecule has 0 atom stereocenters. The third-order valence-corrected chi connectivity index (χ3v) is 3.82. The summed E-state index contributed by atoms with van der Waals surface area (Å²) in [6.07, 6.45) is 0. The maximum Gasteiger partial charge on any atom is 0.371 e. The van der Waals surface area contributed by atoms with Crippen LogP contribution in [0.25, 0.3) is 0 Å². The zero-order chi connectivity index (χ0) is 12.8. The van der Waals surface area contributed by atoms with E-state index < -0.39 is 5.97 Å². The van der Waals surface area contributed by atoms with Gasteiger partial charge in [0.25, 0.3) is 0 Å². The van der Waals surface area contributed by atoms with Crippen LogP contribution < -0.4 is 5.32 Å².